The second-order valence-corrected chi connectivity index (χ2v) is 12.0. The Bertz CT molecular complexity index is 659. The van der Waals surface area contributed by atoms with Crippen LogP contribution in [0, 0.1) is 17.0 Å². The Morgan fingerprint density at radius 2 is 2.09 bits per heavy atom. The van der Waals surface area contributed by atoms with Gasteiger partial charge in [-0.25, -0.2) is 4.68 Å². The van der Waals surface area contributed by atoms with Crippen molar-refractivity contribution < 1.29 is 9.66 Å². The Morgan fingerprint density at radius 1 is 1.36 bits per heavy atom. The van der Waals surface area contributed by atoms with E-state index < -0.39 is 13.0 Å². The van der Waals surface area contributed by atoms with Gasteiger partial charge in [0.05, 0.1) is 29.3 Å². The first-order chi connectivity index (χ1) is 10.3. The Balaban J connectivity index is 1.97. The summed E-state index contributed by atoms with van der Waals surface area (Å²) in [6.45, 7) is 9.65. The monoisotopic (exact) mass is 323 g/mol. The third kappa shape index (κ3) is 4.24. The Labute approximate surface area is 129 Å². The number of nitro groups is 1. The summed E-state index contributed by atoms with van der Waals surface area (Å²) in [5.74, 6) is -0.140. The molecule has 0 bridgehead atoms. The van der Waals surface area contributed by atoms with Crippen molar-refractivity contribution in [2.75, 3.05) is 6.61 Å². The molecule has 0 aliphatic rings. The number of aryl methyl sites for hydroxylation is 1. The number of ether oxygens (including phenoxy) is 1. The van der Waals surface area contributed by atoms with Gasteiger partial charge in [-0.3, -0.25) is 0 Å². The average Bonchev–Trinajstić information content (AvgIpc) is 3.00. The summed E-state index contributed by atoms with van der Waals surface area (Å²) < 4.78 is 8.72. The first-order valence-electron chi connectivity index (χ1n) is 7.07. The van der Waals surface area contributed by atoms with Crippen LogP contribution in [0.25, 0.3) is 5.69 Å². The minimum Gasteiger partial charge on any atom is -0.360 e. The van der Waals surface area contributed by atoms with Crippen molar-refractivity contribution in [3.8, 4) is 5.69 Å². The van der Waals surface area contributed by atoms with E-state index in [1.807, 2.05) is 0 Å². The van der Waals surface area contributed by atoms with Gasteiger partial charge in [0.1, 0.15) is 12.4 Å². The van der Waals surface area contributed by atoms with Crippen molar-refractivity contribution in [1.82, 2.24) is 19.6 Å². The van der Waals surface area contributed by atoms with Crippen molar-refractivity contribution >= 4 is 13.9 Å². The lowest BCUT2D eigenvalue weighted by Gasteiger charge is -2.15. The largest absolute Gasteiger partial charge is 0.393 e. The molecule has 0 atom stereocenters. The van der Waals surface area contributed by atoms with Crippen LogP contribution in [0.4, 0.5) is 5.82 Å². The molecule has 2 aromatic rings. The number of hydrogen-bond donors (Lipinski definition) is 0. The maximum Gasteiger partial charge on any atom is 0.393 e. The zero-order valence-electron chi connectivity index (χ0n) is 13.3. The molecule has 9 heteroatoms. The van der Waals surface area contributed by atoms with Crippen LogP contribution < -0.4 is 0 Å². The predicted octanol–water partition coefficient (Wildman–Crippen LogP) is 2.60. The van der Waals surface area contributed by atoms with Crippen LogP contribution in [-0.2, 0) is 11.5 Å². The molecule has 0 saturated carbocycles. The smallest absolute Gasteiger partial charge is 0.360 e. The van der Waals surface area contributed by atoms with Crippen LogP contribution in [0.1, 0.15) is 5.56 Å². The summed E-state index contributed by atoms with van der Waals surface area (Å²) in [6, 6.07) is 1.10. The molecule has 0 amide bonds. The van der Waals surface area contributed by atoms with E-state index in [4.69, 9.17) is 4.74 Å². The van der Waals surface area contributed by atoms with Crippen molar-refractivity contribution in [2.45, 2.75) is 39.3 Å². The number of nitrogens with zero attached hydrogens (tertiary/aromatic N) is 5. The Hall–Kier alpha value is -2.00. The molecule has 8 nitrogen and oxygen atoms in total. The van der Waals surface area contributed by atoms with Gasteiger partial charge in [-0.2, -0.15) is 5.10 Å². The SMILES string of the molecule is Cc1cn(-c2cnn(COCC[Si](C)(C)C)c2)nc1[N+](=O)[O-]. The van der Waals surface area contributed by atoms with E-state index in [0.717, 1.165) is 12.7 Å². The van der Waals surface area contributed by atoms with E-state index in [0.29, 0.717) is 18.0 Å². The molecule has 0 aliphatic carbocycles. The van der Waals surface area contributed by atoms with E-state index in [-0.39, 0.29) is 5.82 Å². The highest BCUT2D eigenvalue weighted by atomic mass is 28.3. The van der Waals surface area contributed by atoms with Gasteiger partial charge >= 0.3 is 5.82 Å². The van der Waals surface area contributed by atoms with Crippen LogP contribution in [0.3, 0.4) is 0 Å². The molecule has 0 aromatic carbocycles. The highest BCUT2D eigenvalue weighted by Crippen LogP contribution is 2.17. The van der Waals surface area contributed by atoms with Gasteiger partial charge in [0.2, 0.25) is 0 Å². The molecule has 0 N–H and O–H groups in total. The molecule has 2 rings (SSSR count). The molecular weight excluding hydrogens is 302 g/mol. The molecule has 0 aliphatic heterocycles. The summed E-state index contributed by atoms with van der Waals surface area (Å²) in [5, 5.41) is 19.0. The Morgan fingerprint density at radius 3 is 2.68 bits per heavy atom. The summed E-state index contributed by atoms with van der Waals surface area (Å²) in [6.07, 6.45) is 4.98. The number of aromatic nitrogens is 4. The van der Waals surface area contributed by atoms with Gasteiger partial charge in [-0.15, -0.1) is 4.68 Å². The van der Waals surface area contributed by atoms with Crippen LogP contribution in [-0.4, -0.2) is 39.2 Å². The predicted molar refractivity (Wildman–Crippen MR) is 84.8 cm³/mol. The van der Waals surface area contributed by atoms with Crippen molar-refractivity contribution in [2.24, 2.45) is 0 Å². The zero-order chi connectivity index (χ0) is 16.3. The molecular formula is C13H21N5O3Si. The van der Waals surface area contributed by atoms with Gasteiger partial charge in [0, 0.05) is 14.7 Å². The molecule has 0 radical (unpaired) electrons. The summed E-state index contributed by atoms with van der Waals surface area (Å²) >= 11 is 0. The number of hydrogen-bond acceptors (Lipinski definition) is 5. The normalized spacial score (nSPS) is 11.8. The van der Waals surface area contributed by atoms with E-state index >= 15 is 0 Å². The molecule has 0 unspecified atom stereocenters. The zero-order valence-corrected chi connectivity index (χ0v) is 14.3. The summed E-state index contributed by atoms with van der Waals surface area (Å²) in [5.41, 5.74) is 1.19. The standard InChI is InChI=1S/C13H21N5O3Si/c1-11-8-17(15-13(11)18(19)20)12-7-14-16(9-12)10-21-5-6-22(2,3)4/h7-9H,5-6,10H2,1-4H3. The third-order valence-corrected chi connectivity index (χ3v) is 4.85. The van der Waals surface area contributed by atoms with Crippen molar-refractivity contribution in [3.05, 3.63) is 34.3 Å². The lowest BCUT2D eigenvalue weighted by atomic mass is 10.4. The summed E-state index contributed by atoms with van der Waals surface area (Å²) in [4.78, 5) is 10.3. The second kappa shape index (κ2) is 6.40. The molecule has 0 saturated heterocycles. The Kier molecular flexibility index (Phi) is 4.76. The molecule has 2 heterocycles. The first-order valence-corrected chi connectivity index (χ1v) is 10.8. The van der Waals surface area contributed by atoms with E-state index in [2.05, 4.69) is 29.8 Å². The average molecular weight is 323 g/mol. The molecule has 0 spiro atoms. The van der Waals surface area contributed by atoms with Crippen molar-refractivity contribution in [3.63, 3.8) is 0 Å². The molecule has 0 fully saturated rings. The molecule has 22 heavy (non-hydrogen) atoms. The van der Waals surface area contributed by atoms with Gasteiger partial charge in [0.15, 0.2) is 0 Å². The maximum absolute atomic E-state index is 10.8. The lowest BCUT2D eigenvalue weighted by molar-refractivity contribution is -0.390. The fourth-order valence-electron chi connectivity index (χ4n) is 1.84. The third-order valence-electron chi connectivity index (χ3n) is 3.15. The van der Waals surface area contributed by atoms with Crippen LogP contribution >= 0.6 is 0 Å². The fourth-order valence-corrected chi connectivity index (χ4v) is 2.60. The topological polar surface area (TPSA) is 88.0 Å². The highest BCUT2D eigenvalue weighted by molar-refractivity contribution is 6.76. The molecule has 120 valence electrons. The molecule has 2 aromatic heterocycles. The number of rotatable bonds is 7. The summed E-state index contributed by atoms with van der Waals surface area (Å²) in [7, 11) is -1.09. The first kappa shape index (κ1) is 16.4. The van der Waals surface area contributed by atoms with Crippen molar-refractivity contribution in [1.29, 1.82) is 0 Å². The van der Waals surface area contributed by atoms with E-state index in [9.17, 15) is 10.1 Å². The van der Waals surface area contributed by atoms with Gasteiger partial charge < -0.3 is 14.9 Å². The van der Waals surface area contributed by atoms with Crippen LogP contribution in [0.15, 0.2) is 18.6 Å². The van der Waals surface area contributed by atoms with Gasteiger partial charge in [-0.05, 0) is 17.9 Å². The van der Waals surface area contributed by atoms with Crippen LogP contribution in [0.2, 0.25) is 25.7 Å². The van der Waals surface area contributed by atoms with Gasteiger partial charge in [0.25, 0.3) is 0 Å². The quantitative estimate of drug-likeness (QED) is 0.338. The van der Waals surface area contributed by atoms with Crippen LogP contribution in [0.5, 0.6) is 0 Å². The van der Waals surface area contributed by atoms with Gasteiger partial charge in [-0.1, -0.05) is 19.6 Å². The van der Waals surface area contributed by atoms with E-state index in [1.54, 1.807) is 30.2 Å². The fraction of sp³-hybridized carbons (Fsp3) is 0.538. The second-order valence-electron chi connectivity index (χ2n) is 6.42. The maximum atomic E-state index is 10.8. The highest BCUT2D eigenvalue weighted by Gasteiger charge is 2.18. The lowest BCUT2D eigenvalue weighted by Crippen LogP contribution is -2.22. The van der Waals surface area contributed by atoms with E-state index in [1.165, 1.54) is 4.68 Å². The minimum atomic E-state index is -1.09. The minimum absolute atomic E-state index is 0.140.